The summed E-state index contributed by atoms with van der Waals surface area (Å²) in [5.74, 6) is 0. The third-order valence-corrected chi connectivity index (χ3v) is 3.19. The minimum Gasteiger partial charge on any atom is -0.328 e. The molecular formula is C11H21N3S. The molecular weight excluding hydrogens is 206 g/mol. The lowest BCUT2D eigenvalue weighted by atomic mass is 10.1. The van der Waals surface area contributed by atoms with Gasteiger partial charge in [-0.15, -0.1) is 11.3 Å². The summed E-state index contributed by atoms with van der Waals surface area (Å²) < 4.78 is 0. The molecule has 3 N–H and O–H groups in total. The normalized spacial score (nSPS) is 12.9. The van der Waals surface area contributed by atoms with Crippen molar-refractivity contribution in [2.24, 2.45) is 5.73 Å². The molecule has 0 aliphatic heterocycles. The molecule has 0 amide bonds. The summed E-state index contributed by atoms with van der Waals surface area (Å²) in [4.78, 5) is 4.23. The van der Waals surface area contributed by atoms with Gasteiger partial charge in [-0.2, -0.15) is 0 Å². The van der Waals surface area contributed by atoms with Gasteiger partial charge in [0, 0.05) is 30.6 Å². The average Bonchev–Trinajstić information content (AvgIpc) is 2.70. The predicted molar refractivity (Wildman–Crippen MR) is 66.2 cm³/mol. The highest BCUT2D eigenvalue weighted by Crippen LogP contribution is 2.03. The molecule has 1 atom stereocenters. The predicted octanol–water partition coefficient (Wildman–Crippen LogP) is 1.79. The first-order valence-corrected chi connectivity index (χ1v) is 6.55. The third kappa shape index (κ3) is 5.87. The molecule has 1 aromatic heterocycles. The second kappa shape index (κ2) is 7.79. The fourth-order valence-corrected chi connectivity index (χ4v) is 2.12. The maximum Gasteiger partial charge on any atom is 0.0937 e. The van der Waals surface area contributed by atoms with Crippen molar-refractivity contribution in [1.29, 1.82) is 0 Å². The van der Waals surface area contributed by atoms with Crippen molar-refractivity contribution in [3.8, 4) is 0 Å². The van der Waals surface area contributed by atoms with Gasteiger partial charge in [0.1, 0.15) is 0 Å². The number of hydrogen-bond acceptors (Lipinski definition) is 4. The first kappa shape index (κ1) is 12.6. The van der Waals surface area contributed by atoms with Gasteiger partial charge < -0.3 is 11.1 Å². The summed E-state index contributed by atoms with van der Waals surface area (Å²) in [6, 6.07) is 0.363. The zero-order valence-corrected chi connectivity index (χ0v) is 10.2. The molecule has 0 saturated heterocycles. The van der Waals surface area contributed by atoms with E-state index in [9.17, 15) is 0 Å². The summed E-state index contributed by atoms with van der Waals surface area (Å²) in [6.07, 6.45) is 6.28. The lowest BCUT2D eigenvalue weighted by Crippen LogP contribution is -2.27. The molecule has 0 saturated carbocycles. The van der Waals surface area contributed by atoms with E-state index in [1.165, 1.54) is 11.4 Å². The van der Waals surface area contributed by atoms with Gasteiger partial charge in [-0.1, -0.05) is 13.3 Å². The molecule has 3 nitrogen and oxygen atoms in total. The van der Waals surface area contributed by atoms with Crippen LogP contribution in [0.1, 0.15) is 31.2 Å². The quantitative estimate of drug-likeness (QED) is 0.666. The highest BCUT2D eigenvalue weighted by molar-refractivity contribution is 7.09. The molecule has 86 valence electrons. The Hall–Kier alpha value is -0.450. The number of nitrogens with two attached hydrogens (primary N) is 1. The Morgan fingerprint density at radius 1 is 1.47 bits per heavy atom. The smallest absolute Gasteiger partial charge is 0.0937 e. The number of nitrogens with zero attached hydrogens (tertiary/aromatic N) is 1. The largest absolute Gasteiger partial charge is 0.328 e. The second-order valence-corrected chi connectivity index (χ2v) is 4.74. The standard InChI is InChI=1S/C11H21N3S/c1-2-3-10(12)4-6-13-7-5-11-14-8-9-15-11/h8-10,13H,2-7,12H2,1H3. The first-order chi connectivity index (χ1) is 7.33. The van der Waals surface area contributed by atoms with Crippen molar-refractivity contribution in [3.63, 3.8) is 0 Å². The van der Waals surface area contributed by atoms with Gasteiger partial charge in [-0.25, -0.2) is 4.98 Å². The molecule has 1 aromatic rings. The highest BCUT2D eigenvalue weighted by atomic mass is 32.1. The lowest BCUT2D eigenvalue weighted by Gasteiger charge is -2.10. The maximum absolute atomic E-state index is 5.91. The molecule has 0 bridgehead atoms. The number of hydrogen-bond donors (Lipinski definition) is 2. The van der Waals surface area contributed by atoms with Crippen LogP contribution < -0.4 is 11.1 Å². The molecule has 0 radical (unpaired) electrons. The Balaban J connectivity index is 1.93. The van der Waals surface area contributed by atoms with Gasteiger partial charge in [0.15, 0.2) is 0 Å². The topological polar surface area (TPSA) is 50.9 Å². The lowest BCUT2D eigenvalue weighted by molar-refractivity contribution is 0.528. The van der Waals surface area contributed by atoms with Gasteiger partial charge in [0.25, 0.3) is 0 Å². The third-order valence-electron chi connectivity index (χ3n) is 2.35. The summed E-state index contributed by atoms with van der Waals surface area (Å²) >= 11 is 1.72. The zero-order chi connectivity index (χ0) is 10.9. The number of thiazole rings is 1. The molecule has 0 spiro atoms. The van der Waals surface area contributed by atoms with Crippen LogP contribution in [0.15, 0.2) is 11.6 Å². The molecule has 1 rings (SSSR count). The molecule has 4 heteroatoms. The second-order valence-electron chi connectivity index (χ2n) is 3.76. The summed E-state index contributed by atoms with van der Waals surface area (Å²) in [6.45, 7) is 4.20. The van der Waals surface area contributed by atoms with Crippen molar-refractivity contribution < 1.29 is 0 Å². The van der Waals surface area contributed by atoms with Gasteiger partial charge in [-0.05, 0) is 19.4 Å². The van der Waals surface area contributed by atoms with Gasteiger partial charge in [0.05, 0.1) is 5.01 Å². The molecule has 1 unspecified atom stereocenters. The van der Waals surface area contributed by atoms with E-state index >= 15 is 0 Å². The zero-order valence-electron chi connectivity index (χ0n) is 9.41. The molecule has 0 fully saturated rings. The van der Waals surface area contributed by atoms with Crippen LogP contribution in [-0.4, -0.2) is 24.1 Å². The van der Waals surface area contributed by atoms with E-state index in [-0.39, 0.29) is 0 Å². The molecule has 0 aromatic carbocycles. The minimum atomic E-state index is 0.363. The van der Waals surface area contributed by atoms with E-state index in [0.717, 1.165) is 32.4 Å². The van der Waals surface area contributed by atoms with Gasteiger partial charge >= 0.3 is 0 Å². The summed E-state index contributed by atoms with van der Waals surface area (Å²) in [5, 5.41) is 6.63. The SMILES string of the molecule is CCCC(N)CCNCCc1nccs1. The Labute approximate surface area is 96.1 Å². The maximum atomic E-state index is 5.91. The van der Waals surface area contributed by atoms with Crippen molar-refractivity contribution in [2.75, 3.05) is 13.1 Å². The van der Waals surface area contributed by atoms with Gasteiger partial charge in [0.2, 0.25) is 0 Å². The fraction of sp³-hybridized carbons (Fsp3) is 0.727. The van der Waals surface area contributed by atoms with Crippen LogP contribution >= 0.6 is 11.3 Å². The molecule has 1 heterocycles. The van der Waals surface area contributed by atoms with Crippen LogP contribution in [0, 0.1) is 0 Å². The van der Waals surface area contributed by atoms with Crippen LogP contribution in [-0.2, 0) is 6.42 Å². The van der Waals surface area contributed by atoms with E-state index in [2.05, 4.69) is 17.2 Å². The van der Waals surface area contributed by atoms with E-state index in [1.807, 2.05) is 11.6 Å². The summed E-state index contributed by atoms with van der Waals surface area (Å²) in [7, 11) is 0. The minimum absolute atomic E-state index is 0.363. The highest BCUT2D eigenvalue weighted by Gasteiger charge is 2.00. The Morgan fingerprint density at radius 2 is 2.33 bits per heavy atom. The number of rotatable bonds is 8. The van der Waals surface area contributed by atoms with E-state index < -0.39 is 0 Å². The van der Waals surface area contributed by atoms with Gasteiger partial charge in [-0.3, -0.25) is 0 Å². The Kier molecular flexibility index (Phi) is 6.55. The average molecular weight is 227 g/mol. The van der Waals surface area contributed by atoms with Crippen LogP contribution in [0.5, 0.6) is 0 Å². The van der Waals surface area contributed by atoms with Crippen molar-refractivity contribution in [1.82, 2.24) is 10.3 Å². The molecule has 0 aliphatic carbocycles. The van der Waals surface area contributed by atoms with E-state index in [4.69, 9.17) is 5.73 Å². The molecule has 0 aliphatic rings. The van der Waals surface area contributed by atoms with Crippen LogP contribution in [0.3, 0.4) is 0 Å². The van der Waals surface area contributed by atoms with E-state index in [0.29, 0.717) is 6.04 Å². The van der Waals surface area contributed by atoms with Crippen molar-refractivity contribution in [2.45, 2.75) is 38.6 Å². The summed E-state index contributed by atoms with van der Waals surface area (Å²) in [5.41, 5.74) is 5.91. The van der Waals surface area contributed by atoms with E-state index in [1.54, 1.807) is 11.3 Å². The van der Waals surface area contributed by atoms with Crippen LogP contribution in [0.2, 0.25) is 0 Å². The number of nitrogens with one attached hydrogen (secondary N) is 1. The first-order valence-electron chi connectivity index (χ1n) is 5.67. The Bertz CT molecular complexity index is 236. The fourth-order valence-electron chi connectivity index (χ4n) is 1.50. The van der Waals surface area contributed by atoms with Crippen LogP contribution in [0.4, 0.5) is 0 Å². The van der Waals surface area contributed by atoms with Crippen molar-refractivity contribution in [3.05, 3.63) is 16.6 Å². The monoisotopic (exact) mass is 227 g/mol. The Morgan fingerprint density at radius 3 is 3.00 bits per heavy atom. The van der Waals surface area contributed by atoms with Crippen LogP contribution in [0.25, 0.3) is 0 Å². The van der Waals surface area contributed by atoms with Crippen molar-refractivity contribution >= 4 is 11.3 Å². The number of aromatic nitrogens is 1. The molecule has 15 heavy (non-hydrogen) atoms.